The molecule has 0 unspecified atom stereocenters. The Hall–Kier alpha value is -1.63. The first kappa shape index (κ1) is 16.2. The van der Waals surface area contributed by atoms with E-state index >= 15 is 0 Å². The molecule has 0 radical (unpaired) electrons. The number of rotatable bonds is 6. The minimum Gasteiger partial charge on any atom is -0.367 e. The molecule has 0 amide bonds. The number of nitrogens with one attached hydrogen (secondary N) is 2. The maximum atomic E-state index is 12.6. The van der Waals surface area contributed by atoms with Crippen LogP contribution in [0.2, 0.25) is 0 Å². The predicted molar refractivity (Wildman–Crippen MR) is 90.4 cm³/mol. The Labute approximate surface area is 137 Å². The number of benzene rings is 1. The van der Waals surface area contributed by atoms with Crippen LogP contribution >= 0.6 is 0 Å². The Bertz CT molecular complexity index is 703. The van der Waals surface area contributed by atoms with Crippen molar-refractivity contribution in [2.24, 2.45) is 0 Å². The van der Waals surface area contributed by atoms with Crippen LogP contribution in [0.15, 0.2) is 47.6 Å². The highest BCUT2D eigenvalue weighted by Gasteiger charge is 2.25. The highest BCUT2D eigenvalue weighted by atomic mass is 32.2. The van der Waals surface area contributed by atoms with E-state index in [4.69, 9.17) is 0 Å². The number of aromatic nitrogens is 1. The van der Waals surface area contributed by atoms with Crippen molar-refractivity contribution in [3.63, 3.8) is 0 Å². The lowest BCUT2D eigenvalue weighted by Gasteiger charge is -2.25. The van der Waals surface area contributed by atoms with E-state index in [1.165, 1.54) is 5.56 Å². The van der Waals surface area contributed by atoms with Gasteiger partial charge in [0.1, 0.15) is 0 Å². The third kappa shape index (κ3) is 4.02. The minimum absolute atomic E-state index is 0.397. The molecule has 1 aromatic carbocycles. The van der Waals surface area contributed by atoms with Gasteiger partial charge in [0.05, 0.1) is 4.90 Å². The van der Waals surface area contributed by atoms with Crippen molar-refractivity contribution < 1.29 is 8.42 Å². The van der Waals surface area contributed by atoms with Crippen LogP contribution in [0.1, 0.15) is 30.4 Å². The molecule has 1 aromatic heterocycles. The van der Waals surface area contributed by atoms with Gasteiger partial charge in [0.2, 0.25) is 10.0 Å². The van der Waals surface area contributed by atoms with Gasteiger partial charge in [-0.3, -0.25) is 0 Å². The first-order valence-electron chi connectivity index (χ1n) is 8.08. The molecule has 2 N–H and O–H groups in total. The van der Waals surface area contributed by atoms with E-state index in [1.54, 1.807) is 16.4 Å². The van der Waals surface area contributed by atoms with E-state index in [-0.39, 0.29) is 0 Å². The largest absolute Gasteiger partial charge is 0.367 e. The fourth-order valence-electron chi connectivity index (χ4n) is 2.85. The molecule has 124 valence electrons. The summed E-state index contributed by atoms with van der Waals surface area (Å²) in [7, 11) is -3.33. The smallest absolute Gasteiger partial charge is 0.243 e. The first-order valence-corrected chi connectivity index (χ1v) is 9.52. The van der Waals surface area contributed by atoms with Crippen molar-refractivity contribution in [3.8, 4) is 0 Å². The van der Waals surface area contributed by atoms with Gasteiger partial charge in [-0.05, 0) is 42.2 Å². The number of piperidine rings is 1. The summed E-state index contributed by atoms with van der Waals surface area (Å²) in [6.45, 7) is 2.79. The van der Waals surface area contributed by atoms with E-state index < -0.39 is 10.0 Å². The van der Waals surface area contributed by atoms with Crippen molar-refractivity contribution in [2.75, 3.05) is 13.1 Å². The zero-order valence-electron chi connectivity index (χ0n) is 13.2. The van der Waals surface area contributed by atoms with Crippen molar-refractivity contribution in [1.29, 1.82) is 0 Å². The molecule has 6 heteroatoms. The average Bonchev–Trinajstić information content (AvgIpc) is 3.10. The molecule has 0 saturated carbocycles. The lowest BCUT2D eigenvalue weighted by atomic mass is 10.2. The SMILES string of the molecule is O=S(=O)(c1ccc(CNCc2cc[nH]c2)cc1)N1CCCCC1. The van der Waals surface area contributed by atoms with Gasteiger partial charge in [0.15, 0.2) is 0 Å². The maximum absolute atomic E-state index is 12.6. The Kier molecular flexibility index (Phi) is 5.15. The van der Waals surface area contributed by atoms with Crippen LogP contribution in [-0.2, 0) is 23.1 Å². The first-order chi connectivity index (χ1) is 11.2. The van der Waals surface area contributed by atoms with Crippen molar-refractivity contribution in [1.82, 2.24) is 14.6 Å². The quantitative estimate of drug-likeness (QED) is 0.853. The standard InChI is InChI=1S/C17H23N3O2S/c21-23(22,20-10-2-1-3-11-20)17-6-4-15(5-7-17)12-19-14-16-8-9-18-13-16/h4-9,13,18-19H,1-3,10-12,14H2. The molecule has 2 heterocycles. The summed E-state index contributed by atoms with van der Waals surface area (Å²) in [5.41, 5.74) is 2.28. The topological polar surface area (TPSA) is 65.2 Å². The number of hydrogen-bond donors (Lipinski definition) is 2. The van der Waals surface area contributed by atoms with Gasteiger partial charge in [0, 0.05) is 38.6 Å². The Morgan fingerprint density at radius 3 is 2.30 bits per heavy atom. The van der Waals surface area contributed by atoms with Gasteiger partial charge in [-0.1, -0.05) is 18.6 Å². The molecule has 1 saturated heterocycles. The molecule has 3 rings (SSSR count). The highest BCUT2D eigenvalue weighted by molar-refractivity contribution is 7.89. The number of nitrogens with zero attached hydrogens (tertiary/aromatic N) is 1. The van der Waals surface area contributed by atoms with Crippen molar-refractivity contribution in [2.45, 2.75) is 37.2 Å². The second-order valence-corrected chi connectivity index (χ2v) is 7.87. The fraction of sp³-hybridized carbons (Fsp3) is 0.412. The molecular formula is C17H23N3O2S. The van der Waals surface area contributed by atoms with E-state index in [1.807, 2.05) is 30.6 Å². The summed E-state index contributed by atoms with van der Waals surface area (Å²) in [4.78, 5) is 3.42. The van der Waals surface area contributed by atoms with Gasteiger partial charge in [-0.25, -0.2) is 8.42 Å². The molecule has 0 spiro atoms. The van der Waals surface area contributed by atoms with Crippen LogP contribution in [0.3, 0.4) is 0 Å². The number of aromatic amines is 1. The Morgan fingerprint density at radius 1 is 0.957 bits per heavy atom. The normalized spacial score (nSPS) is 16.5. The monoisotopic (exact) mass is 333 g/mol. The lowest BCUT2D eigenvalue weighted by molar-refractivity contribution is 0.346. The molecule has 23 heavy (non-hydrogen) atoms. The number of hydrogen-bond acceptors (Lipinski definition) is 3. The molecule has 1 aliphatic heterocycles. The number of sulfonamides is 1. The van der Waals surface area contributed by atoms with E-state index in [0.29, 0.717) is 18.0 Å². The summed E-state index contributed by atoms with van der Waals surface area (Å²) in [6, 6.07) is 9.25. The summed E-state index contributed by atoms with van der Waals surface area (Å²) >= 11 is 0. The molecule has 0 bridgehead atoms. The average molecular weight is 333 g/mol. The zero-order chi connectivity index (χ0) is 16.1. The summed E-state index contributed by atoms with van der Waals surface area (Å²) in [5.74, 6) is 0. The van der Waals surface area contributed by atoms with Crippen LogP contribution < -0.4 is 5.32 Å². The second-order valence-electron chi connectivity index (χ2n) is 5.93. The second kappa shape index (κ2) is 7.29. The summed E-state index contributed by atoms with van der Waals surface area (Å²) < 4.78 is 26.8. The molecular weight excluding hydrogens is 310 g/mol. The van der Waals surface area contributed by atoms with Gasteiger partial charge in [-0.2, -0.15) is 4.31 Å². The summed E-state index contributed by atoms with van der Waals surface area (Å²) in [6.07, 6.45) is 6.90. The maximum Gasteiger partial charge on any atom is 0.243 e. The van der Waals surface area contributed by atoms with Gasteiger partial charge < -0.3 is 10.3 Å². The molecule has 2 aromatic rings. The third-order valence-electron chi connectivity index (χ3n) is 4.20. The lowest BCUT2D eigenvalue weighted by Crippen LogP contribution is -2.35. The molecule has 0 atom stereocenters. The molecule has 1 aliphatic rings. The molecule has 5 nitrogen and oxygen atoms in total. The Morgan fingerprint density at radius 2 is 1.65 bits per heavy atom. The van der Waals surface area contributed by atoms with E-state index in [2.05, 4.69) is 10.3 Å². The highest BCUT2D eigenvalue weighted by Crippen LogP contribution is 2.20. The van der Waals surface area contributed by atoms with E-state index in [0.717, 1.165) is 37.9 Å². The van der Waals surface area contributed by atoms with Crippen LogP contribution in [0, 0.1) is 0 Å². The summed E-state index contributed by atoms with van der Waals surface area (Å²) in [5, 5.41) is 3.35. The molecule has 0 aliphatic carbocycles. The fourth-order valence-corrected chi connectivity index (χ4v) is 4.37. The zero-order valence-corrected chi connectivity index (χ0v) is 14.0. The third-order valence-corrected chi connectivity index (χ3v) is 6.11. The van der Waals surface area contributed by atoms with Crippen LogP contribution in [0.4, 0.5) is 0 Å². The minimum atomic E-state index is -3.33. The van der Waals surface area contributed by atoms with Crippen molar-refractivity contribution in [3.05, 3.63) is 53.9 Å². The predicted octanol–water partition coefficient (Wildman–Crippen LogP) is 2.48. The van der Waals surface area contributed by atoms with Crippen molar-refractivity contribution >= 4 is 10.0 Å². The van der Waals surface area contributed by atoms with Crippen LogP contribution in [-0.4, -0.2) is 30.8 Å². The van der Waals surface area contributed by atoms with Gasteiger partial charge in [0.25, 0.3) is 0 Å². The Balaban J connectivity index is 1.59. The number of H-pyrrole nitrogens is 1. The van der Waals surface area contributed by atoms with Crippen LogP contribution in [0.5, 0.6) is 0 Å². The van der Waals surface area contributed by atoms with Gasteiger partial charge in [-0.15, -0.1) is 0 Å². The van der Waals surface area contributed by atoms with Crippen LogP contribution in [0.25, 0.3) is 0 Å². The van der Waals surface area contributed by atoms with Gasteiger partial charge >= 0.3 is 0 Å². The van der Waals surface area contributed by atoms with E-state index in [9.17, 15) is 8.42 Å². The molecule has 1 fully saturated rings.